The summed E-state index contributed by atoms with van der Waals surface area (Å²) in [7, 11) is 0. The summed E-state index contributed by atoms with van der Waals surface area (Å²) in [6, 6.07) is 11.2. The quantitative estimate of drug-likeness (QED) is 0.823. The first-order valence-electron chi connectivity index (χ1n) is 5.81. The highest BCUT2D eigenvalue weighted by Crippen LogP contribution is 2.26. The van der Waals surface area contributed by atoms with Gasteiger partial charge in [0.25, 0.3) is 5.91 Å². The number of hydrogen-bond donors (Lipinski definition) is 1. The van der Waals surface area contributed by atoms with E-state index in [2.05, 4.69) is 27.3 Å². The van der Waals surface area contributed by atoms with Gasteiger partial charge >= 0.3 is 0 Å². The van der Waals surface area contributed by atoms with Gasteiger partial charge in [-0.3, -0.25) is 4.79 Å². The number of rotatable bonds is 2. The molecule has 4 heteroatoms. The topological polar surface area (TPSA) is 29.1 Å². The van der Waals surface area contributed by atoms with Gasteiger partial charge in [-0.15, -0.1) is 0 Å². The van der Waals surface area contributed by atoms with Gasteiger partial charge in [0.1, 0.15) is 0 Å². The summed E-state index contributed by atoms with van der Waals surface area (Å²) >= 11 is 9.42. The molecule has 0 spiro atoms. The molecule has 1 N–H and O–H groups in total. The first-order valence-corrected chi connectivity index (χ1v) is 6.98. The zero-order valence-electron chi connectivity index (χ0n) is 10.6. The molecule has 1 amide bonds. The Morgan fingerprint density at radius 2 is 1.79 bits per heavy atom. The van der Waals surface area contributed by atoms with Crippen LogP contribution < -0.4 is 5.32 Å². The zero-order chi connectivity index (χ0) is 14.0. The monoisotopic (exact) mass is 337 g/mol. The molecular formula is C15H13BrClNO. The van der Waals surface area contributed by atoms with E-state index in [4.69, 9.17) is 11.6 Å². The normalized spacial score (nSPS) is 10.3. The molecule has 0 aliphatic heterocycles. The Morgan fingerprint density at radius 3 is 2.42 bits per heavy atom. The van der Waals surface area contributed by atoms with Crippen molar-refractivity contribution in [2.75, 3.05) is 5.32 Å². The van der Waals surface area contributed by atoms with Gasteiger partial charge in [-0.1, -0.05) is 23.7 Å². The summed E-state index contributed by atoms with van der Waals surface area (Å²) in [5.74, 6) is -0.212. The molecule has 19 heavy (non-hydrogen) atoms. The number of hydrogen-bond acceptors (Lipinski definition) is 1. The molecule has 0 radical (unpaired) electrons. The third-order valence-electron chi connectivity index (χ3n) is 2.68. The third kappa shape index (κ3) is 3.37. The molecular weight excluding hydrogens is 326 g/mol. The summed E-state index contributed by atoms with van der Waals surface area (Å²) in [5, 5.41) is 3.28. The number of carbonyl (C=O) groups is 1. The number of nitrogens with one attached hydrogen (secondary N) is 1. The van der Waals surface area contributed by atoms with Crippen molar-refractivity contribution in [1.82, 2.24) is 0 Å². The van der Waals surface area contributed by atoms with Crippen molar-refractivity contribution in [2.45, 2.75) is 13.8 Å². The summed E-state index contributed by atoms with van der Waals surface area (Å²) in [6.45, 7) is 3.99. The second-order valence-electron chi connectivity index (χ2n) is 4.43. The molecule has 0 atom stereocenters. The van der Waals surface area contributed by atoms with E-state index in [1.165, 1.54) is 0 Å². The van der Waals surface area contributed by atoms with E-state index < -0.39 is 0 Å². The summed E-state index contributed by atoms with van der Waals surface area (Å²) < 4.78 is 0.710. The first kappa shape index (κ1) is 14.1. The predicted octanol–water partition coefficient (Wildman–Crippen LogP) is 4.97. The average Bonchev–Trinajstić information content (AvgIpc) is 2.31. The largest absolute Gasteiger partial charge is 0.322 e. The van der Waals surface area contributed by atoms with Crippen LogP contribution in [0.2, 0.25) is 5.02 Å². The standard InChI is InChI=1S/C15H13BrClNO/c1-9-6-10(2)8-11(7-9)18-15(19)12-4-3-5-13(16)14(12)17/h3-8H,1-2H3,(H,18,19). The van der Waals surface area contributed by atoms with Crippen LogP contribution in [0.3, 0.4) is 0 Å². The Labute approximate surface area is 125 Å². The van der Waals surface area contributed by atoms with E-state index in [1.807, 2.05) is 26.0 Å². The second kappa shape index (κ2) is 5.76. The first-order chi connectivity index (χ1) is 8.97. The van der Waals surface area contributed by atoms with Gasteiger partial charge in [0.2, 0.25) is 0 Å². The van der Waals surface area contributed by atoms with Crippen LogP contribution in [-0.2, 0) is 0 Å². The Hall–Kier alpha value is -1.32. The lowest BCUT2D eigenvalue weighted by atomic mass is 10.1. The fourth-order valence-electron chi connectivity index (χ4n) is 1.92. The van der Waals surface area contributed by atoms with Crippen molar-refractivity contribution < 1.29 is 4.79 Å². The molecule has 0 saturated carbocycles. The summed E-state index contributed by atoms with van der Waals surface area (Å²) in [4.78, 5) is 12.2. The Morgan fingerprint density at radius 1 is 1.16 bits per heavy atom. The Kier molecular flexibility index (Phi) is 4.27. The Bertz CT molecular complexity index is 620. The molecule has 2 aromatic rings. The Balaban J connectivity index is 2.28. The van der Waals surface area contributed by atoms with Crippen LogP contribution in [0, 0.1) is 13.8 Å². The van der Waals surface area contributed by atoms with Gasteiger partial charge < -0.3 is 5.32 Å². The van der Waals surface area contributed by atoms with Crippen LogP contribution in [0.1, 0.15) is 21.5 Å². The lowest BCUT2D eigenvalue weighted by molar-refractivity contribution is 0.102. The highest BCUT2D eigenvalue weighted by atomic mass is 79.9. The lowest BCUT2D eigenvalue weighted by Crippen LogP contribution is -2.12. The van der Waals surface area contributed by atoms with Crippen molar-refractivity contribution >= 4 is 39.1 Å². The molecule has 0 fully saturated rings. The minimum Gasteiger partial charge on any atom is -0.322 e. The number of carbonyl (C=O) groups excluding carboxylic acids is 1. The van der Waals surface area contributed by atoms with E-state index in [9.17, 15) is 4.79 Å². The number of amides is 1. The number of aryl methyl sites for hydroxylation is 2. The number of benzene rings is 2. The third-order valence-corrected chi connectivity index (χ3v) is 3.97. The van der Waals surface area contributed by atoms with Crippen molar-refractivity contribution in [3.63, 3.8) is 0 Å². The van der Waals surface area contributed by atoms with Crippen molar-refractivity contribution in [3.8, 4) is 0 Å². The smallest absolute Gasteiger partial charge is 0.257 e. The van der Waals surface area contributed by atoms with Crippen LogP contribution in [-0.4, -0.2) is 5.91 Å². The highest BCUT2D eigenvalue weighted by molar-refractivity contribution is 9.10. The fraction of sp³-hybridized carbons (Fsp3) is 0.133. The van der Waals surface area contributed by atoms with Gasteiger partial charge in [-0.05, 0) is 65.2 Å². The number of anilines is 1. The minimum absolute atomic E-state index is 0.212. The van der Waals surface area contributed by atoms with E-state index >= 15 is 0 Å². The van der Waals surface area contributed by atoms with Gasteiger partial charge in [0.15, 0.2) is 0 Å². The summed E-state index contributed by atoms with van der Waals surface area (Å²) in [5.41, 5.74) is 3.44. The van der Waals surface area contributed by atoms with E-state index in [1.54, 1.807) is 18.2 Å². The molecule has 0 aliphatic rings. The van der Waals surface area contributed by atoms with Crippen LogP contribution in [0.15, 0.2) is 40.9 Å². The van der Waals surface area contributed by atoms with Crippen molar-refractivity contribution in [3.05, 3.63) is 62.6 Å². The molecule has 2 aromatic carbocycles. The number of halogens is 2. The van der Waals surface area contributed by atoms with Crippen molar-refractivity contribution in [2.24, 2.45) is 0 Å². The van der Waals surface area contributed by atoms with Crippen LogP contribution in [0.4, 0.5) is 5.69 Å². The van der Waals surface area contributed by atoms with E-state index in [0.717, 1.165) is 16.8 Å². The lowest BCUT2D eigenvalue weighted by Gasteiger charge is -2.09. The van der Waals surface area contributed by atoms with Gasteiger partial charge in [-0.25, -0.2) is 0 Å². The molecule has 0 unspecified atom stereocenters. The van der Waals surface area contributed by atoms with E-state index in [-0.39, 0.29) is 5.91 Å². The highest BCUT2D eigenvalue weighted by Gasteiger charge is 2.12. The van der Waals surface area contributed by atoms with Gasteiger partial charge in [-0.2, -0.15) is 0 Å². The SMILES string of the molecule is Cc1cc(C)cc(NC(=O)c2cccc(Br)c2Cl)c1. The maximum Gasteiger partial charge on any atom is 0.257 e. The van der Waals surface area contributed by atoms with Gasteiger partial charge in [0, 0.05) is 10.2 Å². The van der Waals surface area contributed by atoms with Crippen LogP contribution >= 0.6 is 27.5 Å². The molecule has 98 valence electrons. The molecule has 2 nitrogen and oxygen atoms in total. The molecule has 0 aromatic heterocycles. The molecule has 2 rings (SSSR count). The van der Waals surface area contributed by atoms with Gasteiger partial charge in [0.05, 0.1) is 10.6 Å². The predicted molar refractivity (Wildman–Crippen MR) is 83.0 cm³/mol. The molecule has 0 aliphatic carbocycles. The van der Waals surface area contributed by atoms with Crippen LogP contribution in [0.25, 0.3) is 0 Å². The second-order valence-corrected chi connectivity index (χ2v) is 5.66. The minimum atomic E-state index is -0.212. The van der Waals surface area contributed by atoms with E-state index in [0.29, 0.717) is 15.1 Å². The maximum atomic E-state index is 12.2. The maximum absolute atomic E-state index is 12.2. The average molecular weight is 339 g/mol. The molecule has 0 heterocycles. The zero-order valence-corrected chi connectivity index (χ0v) is 13.0. The summed E-state index contributed by atoms with van der Waals surface area (Å²) in [6.07, 6.45) is 0. The van der Waals surface area contributed by atoms with Crippen LogP contribution in [0.5, 0.6) is 0 Å². The molecule has 0 saturated heterocycles. The fourth-order valence-corrected chi connectivity index (χ4v) is 2.50. The van der Waals surface area contributed by atoms with Crippen molar-refractivity contribution in [1.29, 1.82) is 0 Å². The molecule has 0 bridgehead atoms.